The number of imidazole rings is 1. The minimum atomic E-state index is -4.48. The highest BCUT2D eigenvalue weighted by molar-refractivity contribution is 8.04. The Hall–Kier alpha value is -5.15. The van der Waals surface area contributed by atoms with Crippen molar-refractivity contribution in [1.82, 2.24) is 13.3 Å². The van der Waals surface area contributed by atoms with Crippen LogP contribution in [-0.2, 0) is 32.6 Å². The molecule has 1 heterocycles. The molecule has 54 heavy (non-hydrogen) atoms. The third-order valence-corrected chi connectivity index (χ3v) is 11.8. The zero-order valence-electron chi connectivity index (χ0n) is 28.3. The minimum Gasteiger partial charge on any atom is -0.457 e. The van der Waals surface area contributed by atoms with Crippen molar-refractivity contribution in [3.8, 4) is 39.6 Å². The molecule has 0 bridgehead atoms. The van der Waals surface area contributed by atoms with E-state index in [1.165, 1.54) is 36.4 Å². The molecule has 0 fully saturated rings. The Morgan fingerprint density at radius 3 is 1.96 bits per heavy atom. The maximum atomic E-state index is 13.1. The number of halogens is 5. The molecule has 1 amide bonds. The van der Waals surface area contributed by atoms with Gasteiger partial charge in [0.1, 0.15) is 17.3 Å². The highest BCUT2D eigenvalue weighted by atomic mass is 35.5. The van der Waals surface area contributed by atoms with Gasteiger partial charge in [-0.3, -0.25) is 4.79 Å². The molecule has 0 spiro atoms. The normalized spacial score (nSPS) is 12.1. The van der Waals surface area contributed by atoms with Gasteiger partial charge < -0.3 is 9.30 Å². The second kappa shape index (κ2) is 14.9. The first-order chi connectivity index (χ1) is 25.4. The number of hydrogen-bond donors (Lipinski definition) is 0. The summed E-state index contributed by atoms with van der Waals surface area (Å²) in [6, 6.07) is 30.0. The molecule has 0 saturated heterocycles. The zero-order valence-corrected chi connectivity index (χ0v) is 31.4. The van der Waals surface area contributed by atoms with Crippen LogP contribution < -0.4 is 4.74 Å². The number of amides is 1. The van der Waals surface area contributed by atoms with E-state index in [1.54, 1.807) is 53.2 Å². The summed E-state index contributed by atoms with van der Waals surface area (Å²) in [5.74, 6) is -0.202. The van der Waals surface area contributed by atoms with Crippen LogP contribution in [0.4, 0.5) is 13.2 Å². The summed E-state index contributed by atoms with van der Waals surface area (Å²) in [7, 11) is -8.85. The zero-order chi connectivity index (χ0) is 39.0. The minimum absolute atomic E-state index is 0.0664. The fourth-order valence-electron chi connectivity index (χ4n) is 5.60. The van der Waals surface area contributed by atoms with E-state index in [4.69, 9.17) is 32.9 Å². The molecule has 0 aliphatic heterocycles. The maximum Gasteiger partial charge on any atom is 0.416 e. The lowest BCUT2D eigenvalue weighted by Gasteiger charge is -2.18. The Morgan fingerprint density at radius 1 is 0.778 bits per heavy atom. The summed E-state index contributed by atoms with van der Waals surface area (Å²) in [5.41, 5.74) is 3.31. The van der Waals surface area contributed by atoms with Crippen molar-refractivity contribution >= 4 is 49.2 Å². The van der Waals surface area contributed by atoms with Crippen LogP contribution in [0.3, 0.4) is 0 Å². The van der Waals surface area contributed by atoms with Crippen molar-refractivity contribution in [2.75, 3.05) is 12.5 Å². The number of alkyl halides is 3. The molecule has 278 valence electrons. The molecule has 0 atom stereocenters. The molecule has 0 N–H and O–H groups in total. The predicted molar refractivity (Wildman–Crippen MR) is 201 cm³/mol. The number of carbonyl (C=O) groups excluding carboxylic acids is 1. The van der Waals surface area contributed by atoms with E-state index >= 15 is 0 Å². The molecular weight excluding hydrogens is 786 g/mol. The van der Waals surface area contributed by atoms with Crippen molar-refractivity contribution in [2.45, 2.75) is 12.6 Å². The van der Waals surface area contributed by atoms with Crippen molar-refractivity contribution in [1.29, 1.82) is 0 Å². The Labute approximate surface area is 319 Å². The lowest BCUT2D eigenvalue weighted by Crippen LogP contribution is -2.40. The number of sulfonamides is 2. The van der Waals surface area contributed by atoms with Crippen LogP contribution in [0.1, 0.15) is 27.3 Å². The molecule has 0 unspecified atom stereocenters. The van der Waals surface area contributed by atoms with Crippen LogP contribution in [-0.4, -0.2) is 48.5 Å². The van der Waals surface area contributed by atoms with Crippen molar-refractivity contribution in [3.63, 3.8) is 0 Å². The van der Waals surface area contributed by atoms with E-state index in [-0.39, 0.29) is 15.0 Å². The van der Waals surface area contributed by atoms with Gasteiger partial charge in [-0.2, -0.15) is 13.2 Å². The van der Waals surface area contributed by atoms with Crippen molar-refractivity contribution in [2.24, 2.45) is 0 Å². The smallest absolute Gasteiger partial charge is 0.416 e. The summed E-state index contributed by atoms with van der Waals surface area (Å²) in [4.78, 5) is 17.9. The standard InChI is InChI=1S/C38H28Cl2F3N3O6S2/c1-53(48,49)46(54(2,50)51)37(47)27-10-15-30(16-11-27)45-23-35(33-19-14-29(39)22-34(33)40)44-36(45)20-24-6-8-25(9-7-24)26-12-17-31(18-13-26)52-32-5-3-4-28(21-32)38(41,42)43/h3-19,21-23H,20H2,1-2H3. The second-order valence-corrected chi connectivity index (χ2v) is 16.9. The van der Waals surface area contributed by atoms with Gasteiger partial charge in [-0.1, -0.05) is 65.7 Å². The van der Waals surface area contributed by atoms with Crippen molar-refractivity contribution < 1.29 is 39.5 Å². The number of rotatable bonds is 10. The molecule has 0 radical (unpaired) electrons. The molecule has 0 aliphatic rings. The Morgan fingerprint density at radius 2 is 1.39 bits per heavy atom. The van der Waals surface area contributed by atoms with E-state index in [1.807, 2.05) is 24.3 Å². The summed E-state index contributed by atoms with van der Waals surface area (Å²) in [6.07, 6.45) is -1.13. The summed E-state index contributed by atoms with van der Waals surface area (Å²) < 4.78 is 95.2. The monoisotopic (exact) mass is 813 g/mol. The van der Waals surface area contributed by atoms with Crippen LogP contribution >= 0.6 is 23.2 Å². The van der Waals surface area contributed by atoms with E-state index < -0.39 is 37.7 Å². The van der Waals surface area contributed by atoms with Gasteiger partial charge in [-0.25, -0.2) is 21.8 Å². The Kier molecular flexibility index (Phi) is 10.7. The number of nitrogens with zero attached hydrogens (tertiary/aromatic N) is 3. The van der Waals surface area contributed by atoms with Crippen LogP contribution in [0.5, 0.6) is 11.5 Å². The van der Waals surface area contributed by atoms with E-state index in [2.05, 4.69) is 0 Å². The topological polar surface area (TPSA) is 116 Å². The van der Waals surface area contributed by atoms with Gasteiger partial charge in [0.25, 0.3) is 5.91 Å². The molecule has 1 aromatic heterocycles. The predicted octanol–water partition coefficient (Wildman–Crippen LogP) is 9.28. The number of aromatic nitrogens is 2. The molecule has 6 rings (SSSR count). The highest BCUT2D eigenvalue weighted by Gasteiger charge is 2.33. The summed E-state index contributed by atoms with van der Waals surface area (Å²) in [6.45, 7) is 0. The van der Waals surface area contributed by atoms with Crippen molar-refractivity contribution in [3.05, 3.63) is 154 Å². The van der Waals surface area contributed by atoms with E-state index in [9.17, 15) is 34.8 Å². The van der Waals surface area contributed by atoms with Crippen LogP contribution in [0.2, 0.25) is 10.0 Å². The molecule has 16 heteroatoms. The quantitative estimate of drug-likeness (QED) is 0.135. The van der Waals surface area contributed by atoms with Crippen LogP contribution in [0, 0.1) is 0 Å². The molecule has 9 nitrogen and oxygen atoms in total. The second-order valence-electron chi connectivity index (χ2n) is 12.1. The lowest BCUT2D eigenvalue weighted by molar-refractivity contribution is -0.137. The molecule has 0 aliphatic carbocycles. The highest BCUT2D eigenvalue weighted by Crippen LogP contribution is 2.34. The van der Waals surface area contributed by atoms with E-state index in [0.717, 1.165) is 28.8 Å². The summed E-state index contributed by atoms with van der Waals surface area (Å²) in [5, 5.41) is 0.816. The van der Waals surface area contributed by atoms with Gasteiger partial charge in [-0.15, -0.1) is 3.71 Å². The first-order valence-corrected chi connectivity index (χ1v) is 20.3. The first kappa shape index (κ1) is 38.6. The van der Waals surface area contributed by atoms with Crippen LogP contribution in [0.25, 0.3) is 28.1 Å². The number of benzene rings is 5. The van der Waals surface area contributed by atoms with Gasteiger partial charge >= 0.3 is 6.18 Å². The van der Waals surface area contributed by atoms with Gasteiger partial charge in [0.15, 0.2) is 0 Å². The number of hydrogen-bond acceptors (Lipinski definition) is 7. The average molecular weight is 815 g/mol. The SMILES string of the molecule is CS(=O)(=O)N(C(=O)c1ccc(-n2cc(-c3ccc(Cl)cc3Cl)nc2Cc2ccc(-c3ccc(Oc4cccc(C(F)(F)F)c4)cc3)cc2)cc1)S(C)(=O)=O. The Bertz CT molecular complexity index is 2550. The van der Waals surface area contributed by atoms with Crippen LogP contribution in [0.15, 0.2) is 121 Å². The fraction of sp³-hybridized carbons (Fsp3) is 0.105. The third-order valence-electron chi connectivity index (χ3n) is 8.05. The third kappa shape index (κ3) is 8.79. The van der Waals surface area contributed by atoms with E-state index in [0.29, 0.717) is 57.5 Å². The summed E-state index contributed by atoms with van der Waals surface area (Å²) >= 11 is 12.6. The largest absolute Gasteiger partial charge is 0.457 e. The fourth-order valence-corrected chi connectivity index (χ4v) is 8.88. The maximum absolute atomic E-state index is 13.1. The molecule has 0 saturated carbocycles. The van der Waals surface area contributed by atoms with Gasteiger partial charge in [0.05, 0.1) is 28.8 Å². The molecule has 5 aromatic carbocycles. The Balaban J connectivity index is 1.26. The average Bonchev–Trinajstić information content (AvgIpc) is 3.50. The van der Waals surface area contributed by atoms with Gasteiger partial charge in [-0.05, 0) is 89.5 Å². The van der Waals surface area contributed by atoms with Gasteiger partial charge in [0, 0.05) is 34.5 Å². The lowest BCUT2D eigenvalue weighted by atomic mass is 10.0. The first-order valence-electron chi connectivity index (χ1n) is 15.8. The molecular formula is C38H28Cl2F3N3O6S2. The van der Waals surface area contributed by atoms with Gasteiger partial charge in [0.2, 0.25) is 20.0 Å². The molecule has 6 aromatic rings. The number of carbonyl (C=O) groups is 1. The number of ether oxygens (including phenoxy) is 1.